The van der Waals surface area contributed by atoms with E-state index in [4.69, 9.17) is 9.84 Å². The van der Waals surface area contributed by atoms with Crippen molar-refractivity contribution in [1.82, 2.24) is 0 Å². The Kier molecular flexibility index (Phi) is 5.97. The molecule has 6 heteroatoms. The third-order valence-corrected chi connectivity index (χ3v) is 4.04. The Morgan fingerprint density at radius 3 is 2.26 bits per heavy atom. The minimum Gasteiger partial charge on any atom is -0.497 e. The second kappa shape index (κ2) is 7.96. The van der Waals surface area contributed by atoms with E-state index >= 15 is 0 Å². The van der Waals surface area contributed by atoms with Crippen LogP contribution in [0.4, 0.5) is 5.69 Å². The SMILES string of the molecule is COc1ccc([C@H](CC(=O)O)C(=O)Nc2ccc(I)cc2)cc1. The molecule has 0 aromatic heterocycles. The third-order valence-electron chi connectivity index (χ3n) is 3.33. The first-order valence-corrected chi connectivity index (χ1v) is 7.99. The molecule has 120 valence electrons. The van der Waals surface area contributed by atoms with Gasteiger partial charge >= 0.3 is 5.97 Å². The summed E-state index contributed by atoms with van der Waals surface area (Å²) in [6.45, 7) is 0. The fraction of sp³-hybridized carbons (Fsp3) is 0.176. The van der Waals surface area contributed by atoms with Crippen LogP contribution in [0.5, 0.6) is 5.75 Å². The van der Waals surface area contributed by atoms with Gasteiger partial charge in [0, 0.05) is 9.26 Å². The van der Waals surface area contributed by atoms with Crippen molar-refractivity contribution in [2.75, 3.05) is 12.4 Å². The largest absolute Gasteiger partial charge is 0.497 e. The number of benzene rings is 2. The number of rotatable bonds is 6. The molecule has 0 aliphatic rings. The molecule has 2 rings (SSSR count). The molecule has 2 aromatic rings. The van der Waals surface area contributed by atoms with Crippen LogP contribution in [-0.4, -0.2) is 24.1 Å². The maximum Gasteiger partial charge on any atom is 0.304 e. The van der Waals surface area contributed by atoms with Crippen molar-refractivity contribution in [3.8, 4) is 5.75 Å². The molecule has 0 aliphatic carbocycles. The van der Waals surface area contributed by atoms with Crippen LogP contribution < -0.4 is 10.1 Å². The summed E-state index contributed by atoms with van der Waals surface area (Å²) in [4.78, 5) is 23.6. The van der Waals surface area contributed by atoms with Gasteiger partial charge in [0.2, 0.25) is 5.91 Å². The van der Waals surface area contributed by atoms with Crippen LogP contribution in [0.1, 0.15) is 17.9 Å². The number of halogens is 1. The van der Waals surface area contributed by atoms with Gasteiger partial charge in [-0.1, -0.05) is 12.1 Å². The Bertz CT molecular complexity index is 683. The second-order valence-electron chi connectivity index (χ2n) is 4.92. The molecule has 0 radical (unpaired) electrons. The summed E-state index contributed by atoms with van der Waals surface area (Å²) in [6, 6.07) is 14.1. The lowest BCUT2D eigenvalue weighted by molar-refractivity contribution is -0.139. The monoisotopic (exact) mass is 425 g/mol. The Hall–Kier alpha value is -2.09. The zero-order chi connectivity index (χ0) is 16.8. The molecule has 0 fully saturated rings. The van der Waals surface area contributed by atoms with E-state index in [1.807, 2.05) is 12.1 Å². The molecule has 0 spiro atoms. The number of carboxylic acids is 1. The molecular weight excluding hydrogens is 409 g/mol. The van der Waals surface area contributed by atoms with Crippen molar-refractivity contribution in [1.29, 1.82) is 0 Å². The third kappa shape index (κ3) is 4.95. The van der Waals surface area contributed by atoms with E-state index < -0.39 is 11.9 Å². The van der Waals surface area contributed by atoms with Crippen LogP contribution in [-0.2, 0) is 9.59 Å². The predicted molar refractivity (Wildman–Crippen MR) is 95.8 cm³/mol. The Labute approximate surface area is 147 Å². The van der Waals surface area contributed by atoms with Gasteiger partial charge in [-0.15, -0.1) is 0 Å². The molecule has 0 bridgehead atoms. The molecule has 1 amide bonds. The summed E-state index contributed by atoms with van der Waals surface area (Å²) < 4.78 is 6.13. The van der Waals surface area contributed by atoms with Gasteiger partial charge in [0.1, 0.15) is 5.75 Å². The van der Waals surface area contributed by atoms with E-state index in [0.29, 0.717) is 17.0 Å². The first-order valence-electron chi connectivity index (χ1n) is 6.92. The van der Waals surface area contributed by atoms with Crippen molar-refractivity contribution in [2.45, 2.75) is 12.3 Å². The van der Waals surface area contributed by atoms with Gasteiger partial charge in [0.05, 0.1) is 19.4 Å². The normalized spacial score (nSPS) is 11.6. The highest BCUT2D eigenvalue weighted by Gasteiger charge is 2.24. The second-order valence-corrected chi connectivity index (χ2v) is 6.17. The molecule has 0 saturated heterocycles. The van der Waals surface area contributed by atoms with Gasteiger partial charge in [0.25, 0.3) is 0 Å². The van der Waals surface area contributed by atoms with E-state index in [-0.39, 0.29) is 12.3 Å². The van der Waals surface area contributed by atoms with Crippen LogP contribution >= 0.6 is 22.6 Å². The van der Waals surface area contributed by atoms with Gasteiger partial charge in [-0.25, -0.2) is 0 Å². The summed E-state index contributed by atoms with van der Waals surface area (Å²) in [5.74, 6) is -1.49. The summed E-state index contributed by atoms with van der Waals surface area (Å²) in [7, 11) is 1.55. The first kappa shape index (κ1) is 17.3. The van der Waals surface area contributed by atoms with Gasteiger partial charge in [-0.05, 0) is 64.6 Å². The highest BCUT2D eigenvalue weighted by Crippen LogP contribution is 2.24. The summed E-state index contributed by atoms with van der Waals surface area (Å²) >= 11 is 2.17. The number of amides is 1. The quantitative estimate of drug-likeness (QED) is 0.695. The lowest BCUT2D eigenvalue weighted by Gasteiger charge is -2.16. The number of anilines is 1. The maximum atomic E-state index is 12.5. The molecule has 2 N–H and O–H groups in total. The van der Waals surface area contributed by atoms with Crippen LogP contribution in [0.3, 0.4) is 0 Å². The molecule has 0 heterocycles. The molecule has 2 aromatic carbocycles. The smallest absolute Gasteiger partial charge is 0.304 e. The standard InChI is InChI=1S/C17H16INO4/c1-23-14-8-2-11(3-9-14)15(10-16(20)21)17(22)19-13-6-4-12(18)5-7-13/h2-9,15H,10H2,1H3,(H,19,22)(H,20,21)/t15-/m0/s1. The van der Waals surface area contributed by atoms with E-state index in [2.05, 4.69) is 27.9 Å². The minimum absolute atomic E-state index is 0.275. The van der Waals surface area contributed by atoms with Gasteiger partial charge in [-0.3, -0.25) is 9.59 Å². The maximum absolute atomic E-state index is 12.5. The van der Waals surface area contributed by atoms with Gasteiger partial charge < -0.3 is 15.2 Å². The lowest BCUT2D eigenvalue weighted by atomic mass is 9.94. The van der Waals surface area contributed by atoms with Crippen molar-refractivity contribution < 1.29 is 19.4 Å². The van der Waals surface area contributed by atoms with E-state index in [1.54, 1.807) is 43.5 Å². The first-order chi connectivity index (χ1) is 11.0. The number of aliphatic carboxylic acids is 1. The summed E-state index contributed by atoms with van der Waals surface area (Å²) in [5.41, 5.74) is 1.27. The van der Waals surface area contributed by atoms with Crippen LogP contribution in [0.25, 0.3) is 0 Å². The van der Waals surface area contributed by atoms with Crippen LogP contribution in [0.2, 0.25) is 0 Å². The molecule has 1 atom stereocenters. The molecular formula is C17H16INO4. The van der Waals surface area contributed by atoms with E-state index in [1.165, 1.54) is 0 Å². The topological polar surface area (TPSA) is 75.6 Å². The Morgan fingerprint density at radius 2 is 1.74 bits per heavy atom. The molecule has 0 saturated carbocycles. The molecule has 0 aliphatic heterocycles. The fourth-order valence-corrected chi connectivity index (χ4v) is 2.49. The lowest BCUT2D eigenvalue weighted by Crippen LogP contribution is -2.23. The number of methoxy groups -OCH3 is 1. The van der Waals surface area contributed by atoms with Crippen molar-refractivity contribution >= 4 is 40.2 Å². The summed E-state index contributed by atoms with van der Waals surface area (Å²) in [6.07, 6.45) is -0.275. The Morgan fingerprint density at radius 1 is 1.13 bits per heavy atom. The summed E-state index contributed by atoms with van der Waals surface area (Å²) in [5, 5.41) is 11.9. The predicted octanol–water partition coefficient (Wildman–Crippen LogP) is 3.50. The highest BCUT2D eigenvalue weighted by molar-refractivity contribution is 14.1. The van der Waals surface area contributed by atoms with E-state index in [9.17, 15) is 9.59 Å². The number of nitrogens with one attached hydrogen (secondary N) is 1. The fourth-order valence-electron chi connectivity index (χ4n) is 2.14. The molecule has 0 unspecified atom stereocenters. The average molecular weight is 425 g/mol. The average Bonchev–Trinajstić information content (AvgIpc) is 2.54. The van der Waals surface area contributed by atoms with Gasteiger partial charge in [-0.2, -0.15) is 0 Å². The van der Waals surface area contributed by atoms with E-state index in [0.717, 1.165) is 3.57 Å². The molecule has 5 nitrogen and oxygen atoms in total. The van der Waals surface area contributed by atoms with Crippen molar-refractivity contribution in [2.24, 2.45) is 0 Å². The van der Waals surface area contributed by atoms with Crippen LogP contribution in [0, 0.1) is 3.57 Å². The van der Waals surface area contributed by atoms with Crippen molar-refractivity contribution in [3.05, 3.63) is 57.7 Å². The van der Waals surface area contributed by atoms with Crippen LogP contribution in [0.15, 0.2) is 48.5 Å². The number of carbonyl (C=O) groups is 2. The highest BCUT2D eigenvalue weighted by atomic mass is 127. The van der Waals surface area contributed by atoms with Gasteiger partial charge in [0.15, 0.2) is 0 Å². The minimum atomic E-state index is -1.02. The number of hydrogen-bond acceptors (Lipinski definition) is 3. The number of hydrogen-bond donors (Lipinski definition) is 2. The Balaban J connectivity index is 2.20. The molecule has 23 heavy (non-hydrogen) atoms. The number of carboxylic acid groups (broad SMARTS) is 1. The number of ether oxygens (including phenoxy) is 1. The van der Waals surface area contributed by atoms with Crippen molar-refractivity contribution in [3.63, 3.8) is 0 Å². The zero-order valence-electron chi connectivity index (χ0n) is 12.5. The zero-order valence-corrected chi connectivity index (χ0v) is 14.6. The number of carbonyl (C=O) groups excluding carboxylic acids is 1.